The number of aromatic amines is 1. The number of methoxy groups -OCH3 is 1. The van der Waals surface area contributed by atoms with E-state index in [1.165, 1.54) is 10.6 Å². The summed E-state index contributed by atoms with van der Waals surface area (Å²) in [6.45, 7) is 1.10. The summed E-state index contributed by atoms with van der Waals surface area (Å²) in [4.78, 5) is 25.7. The molecule has 17 heavy (non-hydrogen) atoms. The zero-order chi connectivity index (χ0) is 12.5. The summed E-state index contributed by atoms with van der Waals surface area (Å²) >= 11 is 5.60. The number of nitrogens with zero attached hydrogens (tertiary/aromatic N) is 1. The first kappa shape index (κ1) is 12.4. The van der Waals surface area contributed by atoms with Crippen LogP contribution < -0.4 is 11.2 Å². The summed E-state index contributed by atoms with van der Waals surface area (Å²) in [5.41, 5.74) is -0.727. The van der Waals surface area contributed by atoms with Crippen molar-refractivity contribution in [1.82, 2.24) is 9.55 Å². The maximum absolute atomic E-state index is 11.7. The van der Waals surface area contributed by atoms with Crippen LogP contribution in [0.5, 0.6) is 0 Å². The van der Waals surface area contributed by atoms with Crippen LogP contribution in [0.3, 0.4) is 0 Å². The van der Waals surface area contributed by atoms with Gasteiger partial charge in [-0.15, -0.1) is 0 Å². The van der Waals surface area contributed by atoms with Crippen molar-refractivity contribution in [2.45, 2.75) is 25.8 Å². The molecular formula is C11H15ClN2O3. The fraction of sp³-hybridized carbons (Fsp3) is 0.636. The molecule has 0 aromatic carbocycles. The Balaban J connectivity index is 2.20. The minimum Gasteiger partial charge on any atom is -0.385 e. The number of ether oxygens (including phenoxy) is 1. The Labute approximate surface area is 103 Å². The van der Waals surface area contributed by atoms with E-state index in [-0.39, 0.29) is 16.1 Å². The molecule has 0 amide bonds. The standard InChI is InChI=1S/C11H15ClN2O3/c1-17-5-4-11(2-3-11)7-14-9(15)6-8(12)13-10(14)16/h6H,2-5,7H2,1H3,(H,13,16). The number of H-pyrrole nitrogens is 1. The number of halogens is 1. The topological polar surface area (TPSA) is 64.1 Å². The van der Waals surface area contributed by atoms with Crippen molar-refractivity contribution in [3.8, 4) is 0 Å². The Morgan fingerprint density at radius 3 is 2.76 bits per heavy atom. The van der Waals surface area contributed by atoms with Crippen LogP contribution in [-0.4, -0.2) is 23.3 Å². The quantitative estimate of drug-likeness (QED) is 0.802. The van der Waals surface area contributed by atoms with Crippen LogP contribution in [-0.2, 0) is 11.3 Å². The second-order valence-corrected chi connectivity index (χ2v) is 5.00. The van der Waals surface area contributed by atoms with E-state index in [0.717, 1.165) is 19.3 Å². The van der Waals surface area contributed by atoms with Gasteiger partial charge in [0, 0.05) is 26.3 Å². The Morgan fingerprint density at radius 1 is 1.53 bits per heavy atom. The number of hydrogen-bond acceptors (Lipinski definition) is 3. The van der Waals surface area contributed by atoms with Gasteiger partial charge >= 0.3 is 5.69 Å². The van der Waals surface area contributed by atoms with Crippen molar-refractivity contribution in [1.29, 1.82) is 0 Å². The van der Waals surface area contributed by atoms with Gasteiger partial charge in [0.1, 0.15) is 5.15 Å². The van der Waals surface area contributed by atoms with Crippen LogP contribution in [0.15, 0.2) is 15.7 Å². The summed E-state index contributed by atoms with van der Waals surface area (Å²) in [5.74, 6) is 0. The van der Waals surface area contributed by atoms with E-state index in [1.54, 1.807) is 7.11 Å². The highest BCUT2D eigenvalue weighted by Gasteiger charge is 2.42. The SMILES string of the molecule is COCCC1(Cn2c(=O)cc(Cl)[nH]c2=O)CC1. The van der Waals surface area contributed by atoms with E-state index in [0.29, 0.717) is 13.2 Å². The lowest BCUT2D eigenvalue weighted by Gasteiger charge is -2.15. The fourth-order valence-electron chi connectivity index (χ4n) is 1.96. The molecule has 0 saturated heterocycles. The first-order valence-electron chi connectivity index (χ1n) is 5.55. The number of nitrogens with one attached hydrogen (secondary N) is 1. The average molecular weight is 259 g/mol. The van der Waals surface area contributed by atoms with Crippen molar-refractivity contribution in [2.75, 3.05) is 13.7 Å². The molecule has 0 atom stereocenters. The second kappa shape index (κ2) is 4.66. The summed E-state index contributed by atoms with van der Waals surface area (Å²) in [6.07, 6.45) is 2.94. The summed E-state index contributed by atoms with van der Waals surface area (Å²) in [5, 5.41) is 0.0815. The minimum atomic E-state index is -0.439. The molecule has 1 aliphatic rings. The Morgan fingerprint density at radius 2 is 2.24 bits per heavy atom. The van der Waals surface area contributed by atoms with Crippen LogP contribution in [0.25, 0.3) is 0 Å². The second-order valence-electron chi connectivity index (χ2n) is 4.59. The third-order valence-electron chi connectivity index (χ3n) is 3.27. The zero-order valence-electron chi connectivity index (χ0n) is 9.66. The molecule has 0 bridgehead atoms. The van der Waals surface area contributed by atoms with Crippen molar-refractivity contribution >= 4 is 11.6 Å². The van der Waals surface area contributed by atoms with Crippen LogP contribution in [0.1, 0.15) is 19.3 Å². The van der Waals surface area contributed by atoms with Crippen molar-refractivity contribution in [3.63, 3.8) is 0 Å². The van der Waals surface area contributed by atoms with Gasteiger partial charge in [-0.2, -0.15) is 0 Å². The Hall–Kier alpha value is -1.07. The van der Waals surface area contributed by atoms with Crippen molar-refractivity contribution in [2.24, 2.45) is 5.41 Å². The van der Waals surface area contributed by atoms with E-state index in [9.17, 15) is 9.59 Å². The van der Waals surface area contributed by atoms with E-state index < -0.39 is 5.69 Å². The normalized spacial score (nSPS) is 17.1. The minimum absolute atomic E-state index is 0.0562. The maximum atomic E-state index is 11.7. The maximum Gasteiger partial charge on any atom is 0.329 e. The zero-order valence-corrected chi connectivity index (χ0v) is 10.4. The summed E-state index contributed by atoms with van der Waals surface area (Å²) in [6, 6.07) is 1.23. The lowest BCUT2D eigenvalue weighted by molar-refractivity contribution is 0.166. The van der Waals surface area contributed by atoms with Gasteiger partial charge < -0.3 is 4.74 Å². The van der Waals surface area contributed by atoms with Gasteiger partial charge in [-0.1, -0.05) is 11.6 Å². The van der Waals surface area contributed by atoms with Crippen molar-refractivity contribution in [3.05, 3.63) is 32.1 Å². The molecule has 6 heteroatoms. The van der Waals surface area contributed by atoms with Gasteiger partial charge in [0.15, 0.2) is 0 Å². The largest absolute Gasteiger partial charge is 0.385 e. The third-order valence-corrected chi connectivity index (χ3v) is 3.48. The average Bonchev–Trinajstić information content (AvgIpc) is 3.01. The lowest BCUT2D eigenvalue weighted by Crippen LogP contribution is -2.37. The molecule has 1 saturated carbocycles. The molecule has 0 unspecified atom stereocenters. The molecule has 5 nitrogen and oxygen atoms in total. The smallest absolute Gasteiger partial charge is 0.329 e. The van der Waals surface area contributed by atoms with Gasteiger partial charge in [-0.3, -0.25) is 14.3 Å². The highest BCUT2D eigenvalue weighted by atomic mass is 35.5. The van der Waals surface area contributed by atoms with Crippen LogP contribution in [0.2, 0.25) is 5.15 Å². The number of hydrogen-bond donors (Lipinski definition) is 1. The fourth-order valence-corrected chi connectivity index (χ4v) is 2.13. The van der Waals surface area contributed by atoms with Gasteiger partial charge in [0.05, 0.1) is 0 Å². The van der Waals surface area contributed by atoms with E-state index in [2.05, 4.69) is 4.98 Å². The monoisotopic (exact) mass is 258 g/mol. The molecule has 1 heterocycles. The van der Waals surface area contributed by atoms with Crippen LogP contribution in [0, 0.1) is 5.41 Å². The molecular weight excluding hydrogens is 244 g/mol. The molecule has 1 aromatic rings. The predicted octanol–water partition coefficient (Wildman–Crippen LogP) is 1.01. The van der Waals surface area contributed by atoms with E-state index in [1.807, 2.05) is 0 Å². The lowest BCUT2D eigenvalue weighted by atomic mass is 10.0. The molecule has 1 aliphatic carbocycles. The molecule has 0 radical (unpaired) electrons. The van der Waals surface area contributed by atoms with Gasteiger partial charge in [0.25, 0.3) is 5.56 Å². The predicted molar refractivity (Wildman–Crippen MR) is 64.5 cm³/mol. The summed E-state index contributed by atoms with van der Waals surface area (Å²) < 4.78 is 6.26. The van der Waals surface area contributed by atoms with Crippen molar-refractivity contribution < 1.29 is 4.74 Å². The van der Waals surface area contributed by atoms with Gasteiger partial charge in [0.2, 0.25) is 0 Å². The molecule has 1 fully saturated rings. The first-order chi connectivity index (χ1) is 8.06. The van der Waals surface area contributed by atoms with Gasteiger partial charge in [-0.05, 0) is 24.7 Å². The third kappa shape index (κ3) is 2.79. The van der Waals surface area contributed by atoms with E-state index in [4.69, 9.17) is 16.3 Å². The number of aromatic nitrogens is 2. The molecule has 0 aliphatic heterocycles. The molecule has 94 valence electrons. The number of rotatable bonds is 5. The Bertz CT molecular complexity index is 485. The Kier molecular flexibility index (Phi) is 3.40. The highest BCUT2D eigenvalue weighted by molar-refractivity contribution is 6.29. The molecule has 1 aromatic heterocycles. The van der Waals surface area contributed by atoms with Crippen LogP contribution in [0.4, 0.5) is 0 Å². The van der Waals surface area contributed by atoms with E-state index >= 15 is 0 Å². The first-order valence-corrected chi connectivity index (χ1v) is 5.93. The highest BCUT2D eigenvalue weighted by Crippen LogP contribution is 2.49. The van der Waals surface area contributed by atoms with Crippen LogP contribution >= 0.6 is 11.6 Å². The molecule has 2 rings (SSSR count). The molecule has 1 N–H and O–H groups in total. The van der Waals surface area contributed by atoms with Gasteiger partial charge in [-0.25, -0.2) is 4.79 Å². The summed E-state index contributed by atoms with van der Waals surface area (Å²) in [7, 11) is 1.65. The molecule has 0 spiro atoms.